The first-order valence-corrected chi connectivity index (χ1v) is 20.3. The molecule has 3 N–H and O–H groups in total. The summed E-state index contributed by atoms with van der Waals surface area (Å²) >= 11 is 0. The van der Waals surface area contributed by atoms with Crippen LogP contribution in [0.2, 0.25) is 0 Å². The van der Waals surface area contributed by atoms with Crippen molar-refractivity contribution < 1.29 is 47.8 Å². The number of hydrogen-bond donors (Lipinski definition) is 3. The molecular formula is C37H69O10P. The van der Waals surface area contributed by atoms with Gasteiger partial charge in [-0.05, 0) is 44.9 Å². The number of carbonyl (C=O) groups is 2. The first kappa shape index (κ1) is 46.5. The fourth-order valence-corrected chi connectivity index (χ4v) is 5.75. The van der Waals surface area contributed by atoms with Gasteiger partial charge in [0.25, 0.3) is 0 Å². The number of ether oxygens (including phenoxy) is 2. The summed E-state index contributed by atoms with van der Waals surface area (Å²) in [5.41, 5.74) is 0. The van der Waals surface area contributed by atoms with Gasteiger partial charge in [0, 0.05) is 12.8 Å². The van der Waals surface area contributed by atoms with Crippen LogP contribution in [0, 0.1) is 0 Å². The summed E-state index contributed by atoms with van der Waals surface area (Å²) < 4.78 is 32.3. The largest absolute Gasteiger partial charge is 0.472 e. The molecule has 0 fully saturated rings. The Hall–Kier alpha value is -1.55. The fraction of sp³-hybridized carbons (Fsp3) is 0.838. The molecule has 0 heterocycles. The summed E-state index contributed by atoms with van der Waals surface area (Å²) in [6.45, 7) is 2.12. The standard InChI is InChI=1S/C37H69O10P/c1-3-5-7-9-11-13-14-15-16-17-18-19-20-21-23-25-27-29-37(41)47-35(31-39)33-45-48(42,43)44-32-34(30-38)46-36(40)28-26-24-22-12-10-8-6-4-2/h11,13,15-16,34-35,38-39H,3-10,12,14,17-33H2,1-2H3,(H,42,43)/b13-11-,16-15-. The molecule has 11 heteroatoms. The van der Waals surface area contributed by atoms with Gasteiger partial charge in [-0.3, -0.25) is 18.6 Å². The molecule has 0 rings (SSSR count). The van der Waals surface area contributed by atoms with E-state index < -0.39 is 58.4 Å². The molecule has 3 atom stereocenters. The van der Waals surface area contributed by atoms with Crippen LogP contribution in [0.15, 0.2) is 24.3 Å². The number of aliphatic hydroxyl groups excluding tert-OH is 2. The number of esters is 2. The number of unbranched alkanes of at least 4 members (excludes halogenated alkanes) is 17. The summed E-state index contributed by atoms with van der Waals surface area (Å²) in [5.74, 6) is -1.03. The third-order valence-electron chi connectivity index (χ3n) is 7.92. The summed E-state index contributed by atoms with van der Waals surface area (Å²) in [4.78, 5) is 34.2. The van der Waals surface area contributed by atoms with Crippen molar-refractivity contribution in [2.45, 2.75) is 174 Å². The fourth-order valence-electron chi connectivity index (χ4n) is 4.97. The zero-order valence-electron chi connectivity index (χ0n) is 30.2. The number of rotatable bonds is 35. The lowest BCUT2D eigenvalue weighted by atomic mass is 10.1. The van der Waals surface area contributed by atoms with Gasteiger partial charge in [0.15, 0.2) is 0 Å². The van der Waals surface area contributed by atoms with Crippen LogP contribution >= 0.6 is 7.82 Å². The lowest BCUT2D eigenvalue weighted by molar-refractivity contribution is -0.153. The van der Waals surface area contributed by atoms with E-state index in [2.05, 4.69) is 38.2 Å². The summed E-state index contributed by atoms with van der Waals surface area (Å²) in [6, 6.07) is 0. The molecule has 0 radical (unpaired) electrons. The van der Waals surface area contributed by atoms with Crippen LogP contribution in [0.1, 0.15) is 162 Å². The molecule has 48 heavy (non-hydrogen) atoms. The normalized spacial score (nSPS) is 14.4. The SMILES string of the molecule is CCCCC/C=C\C/C=C\CCCCCCCCCC(=O)OC(CO)COP(=O)(O)OCC(CO)OC(=O)CCCCCCCCCC. The van der Waals surface area contributed by atoms with E-state index in [-0.39, 0.29) is 12.8 Å². The predicted molar refractivity (Wildman–Crippen MR) is 191 cm³/mol. The van der Waals surface area contributed by atoms with E-state index in [1.807, 2.05) is 0 Å². The van der Waals surface area contributed by atoms with Gasteiger partial charge in [-0.15, -0.1) is 0 Å². The molecule has 0 amide bonds. The molecule has 0 aliphatic heterocycles. The number of phosphoric acid groups is 1. The minimum Gasteiger partial charge on any atom is -0.457 e. The van der Waals surface area contributed by atoms with Gasteiger partial charge in [0.2, 0.25) is 0 Å². The average molecular weight is 705 g/mol. The van der Waals surface area contributed by atoms with Crippen molar-refractivity contribution in [3.8, 4) is 0 Å². The summed E-state index contributed by atoms with van der Waals surface area (Å²) in [5, 5.41) is 19.0. The Bertz CT molecular complexity index is 863. The second kappa shape index (κ2) is 33.9. The zero-order chi connectivity index (χ0) is 35.6. The lowest BCUT2D eigenvalue weighted by Crippen LogP contribution is -2.28. The van der Waals surface area contributed by atoms with Crippen LogP contribution < -0.4 is 0 Å². The topological polar surface area (TPSA) is 149 Å². The second-order valence-electron chi connectivity index (χ2n) is 12.6. The maximum atomic E-state index is 12.3. The molecule has 10 nitrogen and oxygen atoms in total. The van der Waals surface area contributed by atoms with Crippen LogP contribution in [-0.2, 0) is 32.7 Å². The quantitative estimate of drug-likeness (QED) is 0.0252. The van der Waals surface area contributed by atoms with E-state index in [4.69, 9.17) is 18.5 Å². The van der Waals surface area contributed by atoms with Gasteiger partial charge >= 0.3 is 19.8 Å². The molecule has 0 aliphatic carbocycles. The van der Waals surface area contributed by atoms with Gasteiger partial charge < -0.3 is 24.6 Å². The molecule has 0 saturated carbocycles. The highest BCUT2D eigenvalue weighted by Gasteiger charge is 2.27. The summed E-state index contributed by atoms with van der Waals surface area (Å²) in [7, 11) is -4.62. The Morgan fingerprint density at radius 1 is 0.562 bits per heavy atom. The Morgan fingerprint density at radius 3 is 1.33 bits per heavy atom. The van der Waals surface area contributed by atoms with Crippen LogP contribution in [0.5, 0.6) is 0 Å². The van der Waals surface area contributed by atoms with E-state index in [1.54, 1.807) is 0 Å². The minimum atomic E-state index is -4.62. The van der Waals surface area contributed by atoms with Gasteiger partial charge in [-0.25, -0.2) is 4.57 Å². The zero-order valence-corrected chi connectivity index (χ0v) is 31.1. The molecule has 0 aromatic rings. The van der Waals surface area contributed by atoms with Gasteiger partial charge in [0.1, 0.15) is 12.2 Å². The number of allylic oxidation sites excluding steroid dienone is 4. The molecule has 0 aromatic carbocycles. The Morgan fingerprint density at radius 2 is 0.917 bits per heavy atom. The summed E-state index contributed by atoms with van der Waals surface area (Å²) in [6.07, 6.45) is 30.3. The minimum absolute atomic E-state index is 0.185. The third-order valence-corrected chi connectivity index (χ3v) is 8.87. The maximum Gasteiger partial charge on any atom is 0.472 e. The van der Waals surface area contributed by atoms with E-state index in [9.17, 15) is 29.3 Å². The molecule has 282 valence electrons. The van der Waals surface area contributed by atoms with E-state index in [0.717, 1.165) is 51.4 Å². The lowest BCUT2D eigenvalue weighted by Gasteiger charge is -2.20. The number of carbonyl (C=O) groups excluding carboxylic acids is 2. The average Bonchev–Trinajstić information content (AvgIpc) is 3.07. The van der Waals surface area contributed by atoms with Gasteiger partial charge in [-0.1, -0.05) is 128 Å². The van der Waals surface area contributed by atoms with Crippen molar-refractivity contribution in [3.63, 3.8) is 0 Å². The second-order valence-corrected chi connectivity index (χ2v) is 14.0. The van der Waals surface area contributed by atoms with Crippen LogP contribution in [0.3, 0.4) is 0 Å². The molecular weight excluding hydrogens is 635 g/mol. The van der Waals surface area contributed by atoms with Gasteiger partial charge in [0.05, 0.1) is 26.4 Å². The molecule has 0 aromatic heterocycles. The highest BCUT2D eigenvalue weighted by atomic mass is 31.2. The highest BCUT2D eigenvalue weighted by molar-refractivity contribution is 7.47. The molecule has 0 bridgehead atoms. The van der Waals surface area contributed by atoms with Crippen molar-refractivity contribution in [3.05, 3.63) is 24.3 Å². The Kier molecular flexibility index (Phi) is 32.8. The number of hydrogen-bond acceptors (Lipinski definition) is 9. The monoisotopic (exact) mass is 704 g/mol. The Balaban J connectivity index is 3.97. The van der Waals surface area contributed by atoms with Crippen molar-refractivity contribution >= 4 is 19.8 Å². The van der Waals surface area contributed by atoms with Crippen molar-refractivity contribution in [1.29, 1.82) is 0 Å². The number of phosphoric ester groups is 1. The molecule has 0 saturated heterocycles. The van der Waals surface area contributed by atoms with E-state index in [1.165, 1.54) is 70.6 Å². The highest BCUT2D eigenvalue weighted by Crippen LogP contribution is 2.43. The first-order chi connectivity index (χ1) is 23.3. The van der Waals surface area contributed by atoms with Crippen molar-refractivity contribution in [1.82, 2.24) is 0 Å². The smallest absolute Gasteiger partial charge is 0.457 e. The maximum absolute atomic E-state index is 12.3. The van der Waals surface area contributed by atoms with Crippen LogP contribution in [0.4, 0.5) is 0 Å². The third kappa shape index (κ3) is 31.7. The molecule has 0 aliphatic rings. The number of aliphatic hydroxyl groups is 2. The Labute approximate surface area is 291 Å². The van der Waals surface area contributed by atoms with E-state index >= 15 is 0 Å². The first-order valence-electron chi connectivity index (χ1n) is 18.8. The van der Waals surface area contributed by atoms with Crippen molar-refractivity contribution in [2.24, 2.45) is 0 Å². The van der Waals surface area contributed by atoms with Crippen LogP contribution in [0.25, 0.3) is 0 Å². The van der Waals surface area contributed by atoms with Crippen LogP contribution in [-0.4, -0.2) is 65.7 Å². The molecule has 0 spiro atoms. The van der Waals surface area contributed by atoms with E-state index in [0.29, 0.717) is 12.8 Å². The van der Waals surface area contributed by atoms with Gasteiger partial charge in [-0.2, -0.15) is 0 Å². The predicted octanol–water partition coefficient (Wildman–Crippen LogP) is 9.05. The van der Waals surface area contributed by atoms with Crippen molar-refractivity contribution in [2.75, 3.05) is 26.4 Å². The molecule has 3 unspecified atom stereocenters.